The number of furan rings is 1. The number of rotatable bonds is 8. The van der Waals surface area contributed by atoms with Gasteiger partial charge >= 0.3 is 11.9 Å². The molecule has 1 aliphatic rings. The van der Waals surface area contributed by atoms with Crippen molar-refractivity contribution in [1.82, 2.24) is 5.32 Å². The molecule has 2 rings (SSSR count). The zero-order valence-electron chi connectivity index (χ0n) is 11.6. The fourth-order valence-electron chi connectivity index (χ4n) is 2.10. The zero-order chi connectivity index (χ0) is 15.1. The van der Waals surface area contributed by atoms with Crippen LogP contribution in [0, 0.1) is 0 Å². The Morgan fingerprint density at radius 2 is 2.38 bits per heavy atom. The Morgan fingerprint density at radius 1 is 1.52 bits per heavy atom. The molecule has 2 heterocycles. The highest BCUT2D eigenvalue weighted by molar-refractivity contribution is 5.81. The number of nitrogens with one attached hydrogen (secondary N) is 1. The summed E-state index contributed by atoms with van der Waals surface area (Å²) in [4.78, 5) is 22.8. The molecule has 0 aliphatic carbocycles. The van der Waals surface area contributed by atoms with E-state index in [0.29, 0.717) is 12.4 Å². The third-order valence-corrected chi connectivity index (χ3v) is 3.20. The van der Waals surface area contributed by atoms with Crippen molar-refractivity contribution in [2.45, 2.75) is 38.0 Å². The molecule has 1 aromatic heterocycles. The molecule has 0 spiro atoms. The Morgan fingerprint density at radius 3 is 3.00 bits per heavy atom. The van der Waals surface area contributed by atoms with E-state index in [-0.39, 0.29) is 25.7 Å². The summed E-state index contributed by atoms with van der Waals surface area (Å²) in [7, 11) is 0. The first-order valence-corrected chi connectivity index (χ1v) is 6.91. The van der Waals surface area contributed by atoms with Crippen molar-refractivity contribution in [3.63, 3.8) is 0 Å². The predicted molar refractivity (Wildman–Crippen MR) is 71.5 cm³/mol. The molecule has 1 saturated heterocycles. The summed E-state index contributed by atoms with van der Waals surface area (Å²) in [6.07, 6.45) is 2.91. The van der Waals surface area contributed by atoms with Crippen LogP contribution in [0.15, 0.2) is 22.8 Å². The molecule has 0 saturated carbocycles. The lowest BCUT2D eigenvalue weighted by molar-refractivity contribution is -0.153. The fraction of sp³-hybridized carbons (Fsp3) is 0.571. The number of aliphatic carboxylic acids is 1. The number of carbonyl (C=O) groups excluding carboxylic acids is 1. The second-order valence-corrected chi connectivity index (χ2v) is 4.88. The maximum Gasteiger partial charge on any atom is 0.323 e. The Hall–Kier alpha value is -1.86. The number of carboxylic acid groups (broad SMARTS) is 1. The van der Waals surface area contributed by atoms with E-state index in [4.69, 9.17) is 19.0 Å². The van der Waals surface area contributed by atoms with Gasteiger partial charge in [-0.05, 0) is 25.0 Å². The van der Waals surface area contributed by atoms with E-state index in [2.05, 4.69) is 5.32 Å². The number of hydrogen-bond donors (Lipinski definition) is 2. The lowest BCUT2D eigenvalue weighted by Crippen LogP contribution is -2.40. The average molecular weight is 297 g/mol. The number of carbonyl (C=O) groups is 2. The van der Waals surface area contributed by atoms with Gasteiger partial charge in [0.25, 0.3) is 0 Å². The van der Waals surface area contributed by atoms with Gasteiger partial charge in [0.2, 0.25) is 0 Å². The van der Waals surface area contributed by atoms with Crippen LogP contribution in [-0.2, 0) is 25.6 Å². The first kappa shape index (κ1) is 15.5. The SMILES string of the molecule is O=C(O)C[C@H](NCc1ccco1)C(=O)OC[C@H]1CCCO1. The van der Waals surface area contributed by atoms with Crippen LogP contribution in [-0.4, -0.2) is 42.4 Å². The second-order valence-electron chi connectivity index (χ2n) is 4.88. The van der Waals surface area contributed by atoms with Crippen molar-refractivity contribution >= 4 is 11.9 Å². The van der Waals surface area contributed by atoms with Crippen LogP contribution in [0.3, 0.4) is 0 Å². The van der Waals surface area contributed by atoms with E-state index < -0.39 is 18.0 Å². The molecule has 1 aliphatic heterocycles. The van der Waals surface area contributed by atoms with E-state index in [0.717, 1.165) is 12.8 Å². The number of hydrogen-bond acceptors (Lipinski definition) is 6. The second kappa shape index (κ2) is 7.80. The van der Waals surface area contributed by atoms with Gasteiger partial charge in [-0.15, -0.1) is 0 Å². The van der Waals surface area contributed by atoms with Crippen LogP contribution in [0.4, 0.5) is 0 Å². The standard InChI is InChI=1S/C14H19NO6/c16-13(17)7-12(15-8-10-3-1-5-19-10)14(18)21-9-11-4-2-6-20-11/h1,3,5,11-12,15H,2,4,6-9H2,(H,16,17)/t11-,12+/m1/s1. The molecule has 7 heteroatoms. The highest BCUT2D eigenvalue weighted by Gasteiger charge is 2.25. The average Bonchev–Trinajstić information content (AvgIpc) is 3.13. The molecular formula is C14H19NO6. The molecule has 7 nitrogen and oxygen atoms in total. The highest BCUT2D eigenvalue weighted by Crippen LogP contribution is 2.12. The smallest absolute Gasteiger partial charge is 0.323 e. The van der Waals surface area contributed by atoms with Gasteiger partial charge in [0, 0.05) is 6.61 Å². The van der Waals surface area contributed by atoms with Crippen molar-refractivity contribution in [3.8, 4) is 0 Å². The predicted octanol–water partition coefficient (Wildman–Crippen LogP) is 0.935. The third-order valence-electron chi connectivity index (χ3n) is 3.20. The normalized spacial score (nSPS) is 19.3. The molecule has 21 heavy (non-hydrogen) atoms. The van der Waals surface area contributed by atoms with Crippen LogP contribution in [0.1, 0.15) is 25.0 Å². The van der Waals surface area contributed by atoms with E-state index in [1.54, 1.807) is 12.1 Å². The van der Waals surface area contributed by atoms with Crippen LogP contribution >= 0.6 is 0 Å². The fourth-order valence-corrected chi connectivity index (χ4v) is 2.10. The summed E-state index contributed by atoms with van der Waals surface area (Å²) < 4.78 is 15.6. The van der Waals surface area contributed by atoms with Crippen molar-refractivity contribution in [1.29, 1.82) is 0 Å². The van der Waals surface area contributed by atoms with Crippen LogP contribution in [0.25, 0.3) is 0 Å². The van der Waals surface area contributed by atoms with Gasteiger partial charge in [-0.25, -0.2) is 0 Å². The number of carboxylic acids is 1. The van der Waals surface area contributed by atoms with Crippen LogP contribution in [0.2, 0.25) is 0 Å². The number of ether oxygens (including phenoxy) is 2. The molecule has 0 amide bonds. The quantitative estimate of drug-likeness (QED) is 0.689. The van der Waals surface area contributed by atoms with Crippen LogP contribution < -0.4 is 5.32 Å². The highest BCUT2D eigenvalue weighted by atomic mass is 16.6. The molecule has 0 unspecified atom stereocenters. The van der Waals surface area contributed by atoms with Gasteiger partial charge in [0.05, 0.1) is 25.3 Å². The molecule has 2 atom stereocenters. The summed E-state index contributed by atoms with van der Waals surface area (Å²) in [5.74, 6) is -1.03. The molecule has 116 valence electrons. The van der Waals surface area contributed by atoms with Crippen molar-refractivity contribution in [2.24, 2.45) is 0 Å². The zero-order valence-corrected chi connectivity index (χ0v) is 11.6. The first-order valence-electron chi connectivity index (χ1n) is 6.91. The lowest BCUT2D eigenvalue weighted by Gasteiger charge is -2.17. The van der Waals surface area contributed by atoms with E-state index in [9.17, 15) is 9.59 Å². The largest absolute Gasteiger partial charge is 0.481 e. The van der Waals surface area contributed by atoms with E-state index in [1.165, 1.54) is 6.26 Å². The van der Waals surface area contributed by atoms with Crippen molar-refractivity contribution < 1.29 is 28.6 Å². The Labute approximate surface area is 122 Å². The molecule has 0 bridgehead atoms. The van der Waals surface area contributed by atoms with Crippen molar-refractivity contribution in [2.75, 3.05) is 13.2 Å². The minimum Gasteiger partial charge on any atom is -0.481 e. The lowest BCUT2D eigenvalue weighted by atomic mass is 10.2. The summed E-state index contributed by atoms with van der Waals surface area (Å²) >= 11 is 0. The van der Waals surface area contributed by atoms with Gasteiger partial charge in [-0.3, -0.25) is 14.9 Å². The monoisotopic (exact) mass is 297 g/mol. The summed E-state index contributed by atoms with van der Waals surface area (Å²) in [6.45, 7) is 1.11. The third kappa shape index (κ3) is 5.20. The topological polar surface area (TPSA) is 98.0 Å². The van der Waals surface area contributed by atoms with E-state index in [1.807, 2.05) is 0 Å². The molecular weight excluding hydrogens is 278 g/mol. The molecule has 1 aromatic rings. The molecule has 0 aromatic carbocycles. The molecule has 0 radical (unpaired) electrons. The maximum atomic E-state index is 12.0. The first-order chi connectivity index (χ1) is 10.1. The Bertz CT molecular complexity index is 452. The molecule has 2 N–H and O–H groups in total. The van der Waals surface area contributed by atoms with Gasteiger partial charge < -0.3 is 19.0 Å². The van der Waals surface area contributed by atoms with Crippen molar-refractivity contribution in [3.05, 3.63) is 24.2 Å². The minimum absolute atomic E-state index is 0.0792. The summed E-state index contributed by atoms with van der Waals surface area (Å²) in [5.41, 5.74) is 0. The minimum atomic E-state index is -1.07. The van der Waals surface area contributed by atoms with Gasteiger partial charge in [0.15, 0.2) is 0 Å². The van der Waals surface area contributed by atoms with E-state index >= 15 is 0 Å². The maximum absolute atomic E-state index is 12.0. The molecule has 1 fully saturated rings. The number of esters is 1. The van der Waals surface area contributed by atoms with Gasteiger partial charge in [0.1, 0.15) is 18.4 Å². The Balaban J connectivity index is 1.81. The Kier molecular flexibility index (Phi) is 5.77. The summed E-state index contributed by atoms with van der Waals surface area (Å²) in [5, 5.41) is 11.7. The summed E-state index contributed by atoms with van der Waals surface area (Å²) in [6, 6.07) is 2.55. The van der Waals surface area contributed by atoms with Crippen LogP contribution in [0.5, 0.6) is 0 Å². The van der Waals surface area contributed by atoms with Gasteiger partial charge in [-0.2, -0.15) is 0 Å². The van der Waals surface area contributed by atoms with Gasteiger partial charge in [-0.1, -0.05) is 0 Å².